The molecule has 0 bridgehead atoms. The van der Waals surface area contributed by atoms with Gasteiger partial charge in [-0.1, -0.05) is 43.3 Å². The van der Waals surface area contributed by atoms with E-state index in [1.807, 2.05) is 12.1 Å². The summed E-state index contributed by atoms with van der Waals surface area (Å²) < 4.78 is 11.2. The summed E-state index contributed by atoms with van der Waals surface area (Å²) in [5, 5.41) is 9.50. The molecule has 4 nitrogen and oxygen atoms in total. The van der Waals surface area contributed by atoms with Crippen LogP contribution in [0, 0.1) is 0 Å². The molecule has 0 spiro atoms. The number of carbonyl (C=O) groups is 1. The molecule has 2 aromatic carbocycles. The monoisotopic (exact) mass is 272 g/mol. The molecule has 0 aliphatic carbocycles. The van der Waals surface area contributed by atoms with Crippen molar-refractivity contribution in [1.29, 1.82) is 0 Å². The smallest absolute Gasteiger partial charge is 0.390 e. The molecule has 0 unspecified atom stereocenters. The van der Waals surface area contributed by atoms with Gasteiger partial charge in [0.1, 0.15) is 11.5 Å². The van der Waals surface area contributed by atoms with Crippen molar-refractivity contribution in [3.63, 3.8) is 0 Å². The number of aliphatic carboxylic acids is 1. The normalized spacial score (nSPS) is 10.8. The highest BCUT2D eigenvalue weighted by molar-refractivity contribution is 5.76. The van der Waals surface area contributed by atoms with E-state index in [0.717, 1.165) is 0 Å². The van der Waals surface area contributed by atoms with Gasteiger partial charge in [0.15, 0.2) is 0 Å². The van der Waals surface area contributed by atoms with Crippen LogP contribution in [0.3, 0.4) is 0 Å². The molecule has 0 aromatic heterocycles. The summed E-state index contributed by atoms with van der Waals surface area (Å²) in [6.07, 6.45) is 0.173. The standard InChI is InChI=1S/C16H16O4/c1-2-16(15(17)18,19-13-9-5-3-6-10-13)20-14-11-7-4-8-12-14/h3-12H,2H2,1H3,(H,17,18). The van der Waals surface area contributed by atoms with E-state index < -0.39 is 11.8 Å². The molecule has 20 heavy (non-hydrogen) atoms. The summed E-state index contributed by atoms with van der Waals surface area (Å²) >= 11 is 0. The van der Waals surface area contributed by atoms with E-state index in [1.165, 1.54) is 0 Å². The maximum atomic E-state index is 11.6. The molecule has 0 amide bonds. The van der Waals surface area contributed by atoms with Crippen molar-refractivity contribution in [1.82, 2.24) is 0 Å². The second-order valence-corrected chi connectivity index (χ2v) is 4.24. The first-order valence-corrected chi connectivity index (χ1v) is 6.38. The Labute approximate surface area is 117 Å². The molecule has 0 fully saturated rings. The maximum Gasteiger partial charge on any atom is 0.390 e. The van der Waals surface area contributed by atoms with Crippen molar-refractivity contribution in [2.75, 3.05) is 0 Å². The number of rotatable bonds is 6. The summed E-state index contributed by atoms with van der Waals surface area (Å²) in [6, 6.07) is 17.6. The number of para-hydroxylation sites is 2. The van der Waals surface area contributed by atoms with E-state index in [0.29, 0.717) is 11.5 Å². The lowest BCUT2D eigenvalue weighted by atomic mass is 10.2. The topological polar surface area (TPSA) is 55.8 Å². The molecule has 1 N–H and O–H groups in total. The summed E-state index contributed by atoms with van der Waals surface area (Å²) in [4.78, 5) is 11.6. The van der Waals surface area contributed by atoms with Crippen molar-refractivity contribution < 1.29 is 19.4 Å². The molecule has 2 rings (SSSR count). The third-order valence-electron chi connectivity index (χ3n) is 2.84. The summed E-state index contributed by atoms with van der Waals surface area (Å²) in [5.41, 5.74) is 0. The summed E-state index contributed by atoms with van der Waals surface area (Å²) in [5.74, 6) is -1.99. The summed E-state index contributed by atoms with van der Waals surface area (Å²) in [6.45, 7) is 1.71. The van der Waals surface area contributed by atoms with Crippen LogP contribution >= 0.6 is 0 Å². The molecule has 0 aliphatic heterocycles. The van der Waals surface area contributed by atoms with Gasteiger partial charge >= 0.3 is 11.8 Å². The zero-order chi connectivity index (χ0) is 14.4. The fourth-order valence-corrected chi connectivity index (χ4v) is 1.76. The van der Waals surface area contributed by atoms with Crippen LogP contribution in [0.5, 0.6) is 11.5 Å². The Bertz CT molecular complexity index is 510. The van der Waals surface area contributed by atoms with Gasteiger partial charge in [0.25, 0.3) is 0 Å². The number of benzene rings is 2. The minimum absolute atomic E-state index is 0.173. The number of hydrogen-bond donors (Lipinski definition) is 1. The minimum Gasteiger partial charge on any atom is -0.475 e. The van der Waals surface area contributed by atoms with Crippen LogP contribution in [0.4, 0.5) is 0 Å². The van der Waals surface area contributed by atoms with Gasteiger partial charge in [-0.2, -0.15) is 0 Å². The number of carboxylic acids is 1. The van der Waals surface area contributed by atoms with Gasteiger partial charge in [0, 0.05) is 6.42 Å². The lowest BCUT2D eigenvalue weighted by molar-refractivity contribution is -0.186. The van der Waals surface area contributed by atoms with Gasteiger partial charge in [-0.05, 0) is 24.3 Å². The number of carboxylic acid groups (broad SMARTS) is 1. The van der Waals surface area contributed by atoms with Gasteiger partial charge in [-0.3, -0.25) is 0 Å². The van der Waals surface area contributed by atoms with E-state index in [1.54, 1.807) is 55.5 Å². The Kier molecular flexibility index (Phi) is 4.25. The highest BCUT2D eigenvalue weighted by Gasteiger charge is 2.42. The van der Waals surface area contributed by atoms with Crippen LogP contribution in [0.1, 0.15) is 13.3 Å². The van der Waals surface area contributed by atoms with Crippen molar-refractivity contribution in [2.45, 2.75) is 19.1 Å². The molecule has 2 aromatic rings. The first kappa shape index (κ1) is 13.9. The number of ether oxygens (including phenoxy) is 2. The molecule has 0 aliphatic rings. The van der Waals surface area contributed by atoms with Crippen molar-refractivity contribution >= 4 is 5.97 Å². The highest BCUT2D eigenvalue weighted by atomic mass is 16.7. The van der Waals surface area contributed by atoms with Crippen molar-refractivity contribution in [2.24, 2.45) is 0 Å². The molecule has 0 saturated carbocycles. The molecular formula is C16H16O4. The predicted molar refractivity (Wildman–Crippen MR) is 74.8 cm³/mol. The maximum absolute atomic E-state index is 11.6. The van der Waals surface area contributed by atoms with Crippen LogP contribution in [0.2, 0.25) is 0 Å². The van der Waals surface area contributed by atoms with E-state index >= 15 is 0 Å². The lowest BCUT2D eigenvalue weighted by Gasteiger charge is -2.29. The van der Waals surface area contributed by atoms with E-state index in [2.05, 4.69) is 0 Å². The fourth-order valence-electron chi connectivity index (χ4n) is 1.76. The molecule has 104 valence electrons. The van der Waals surface area contributed by atoms with Crippen LogP contribution in [0.15, 0.2) is 60.7 Å². The fraction of sp³-hybridized carbons (Fsp3) is 0.188. The van der Waals surface area contributed by atoms with Crippen LogP contribution < -0.4 is 9.47 Å². The average Bonchev–Trinajstić information content (AvgIpc) is 2.48. The predicted octanol–water partition coefficient (Wildman–Crippen LogP) is 3.34. The lowest BCUT2D eigenvalue weighted by Crippen LogP contribution is -2.49. The molecular weight excluding hydrogens is 256 g/mol. The molecule has 0 saturated heterocycles. The van der Waals surface area contributed by atoms with Gasteiger partial charge in [0.2, 0.25) is 0 Å². The van der Waals surface area contributed by atoms with E-state index in [-0.39, 0.29) is 6.42 Å². The Morgan fingerprint density at radius 2 is 1.35 bits per heavy atom. The van der Waals surface area contributed by atoms with E-state index in [4.69, 9.17) is 9.47 Å². The third-order valence-corrected chi connectivity index (χ3v) is 2.84. The largest absolute Gasteiger partial charge is 0.475 e. The minimum atomic E-state index is -1.73. The molecule has 4 heteroatoms. The molecule has 0 atom stereocenters. The zero-order valence-electron chi connectivity index (χ0n) is 11.2. The Morgan fingerprint density at radius 3 is 1.65 bits per heavy atom. The van der Waals surface area contributed by atoms with Crippen LogP contribution in [0.25, 0.3) is 0 Å². The van der Waals surface area contributed by atoms with Gasteiger partial charge in [-0.15, -0.1) is 0 Å². The highest BCUT2D eigenvalue weighted by Crippen LogP contribution is 2.26. The zero-order valence-corrected chi connectivity index (χ0v) is 11.2. The number of hydrogen-bond acceptors (Lipinski definition) is 3. The Morgan fingerprint density at radius 1 is 0.950 bits per heavy atom. The second kappa shape index (κ2) is 6.10. The quantitative estimate of drug-likeness (QED) is 0.819. The van der Waals surface area contributed by atoms with Gasteiger partial charge in [-0.25, -0.2) is 4.79 Å². The van der Waals surface area contributed by atoms with Crippen LogP contribution in [-0.2, 0) is 4.79 Å². The van der Waals surface area contributed by atoms with Gasteiger partial charge in [0.05, 0.1) is 0 Å². The van der Waals surface area contributed by atoms with E-state index in [9.17, 15) is 9.90 Å². The molecule has 0 radical (unpaired) electrons. The Balaban J connectivity index is 2.28. The summed E-state index contributed by atoms with van der Waals surface area (Å²) in [7, 11) is 0. The van der Waals surface area contributed by atoms with Crippen molar-refractivity contribution in [3.8, 4) is 11.5 Å². The Hall–Kier alpha value is -2.49. The molecule has 0 heterocycles. The first-order chi connectivity index (χ1) is 9.66. The van der Waals surface area contributed by atoms with Crippen molar-refractivity contribution in [3.05, 3.63) is 60.7 Å². The van der Waals surface area contributed by atoms with Crippen LogP contribution in [-0.4, -0.2) is 16.9 Å². The first-order valence-electron chi connectivity index (χ1n) is 6.38. The second-order valence-electron chi connectivity index (χ2n) is 4.24. The SMILES string of the molecule is CCC(Oc1ccccc1)(Oc1ccccc1)C(=O)O. The van der Waals surface area contributed by atoms with Gasteiger partial charge < -0.3 is 14.6 Å². The average molecular weight is 272 g/mol. The third kappa shape index (κ3) is 3.09.